The number of hydrogen-bond acceptors (Lipinski definition) is 1. The van der Waals surface area contributed by atoms with Gasteiger partial charge < -0.3 is 4.74 Å². The van der Waals surface area contributed by atoms with Crippen LogP contribution in [-0.4, -0.2) is 13.2 Å². The lowest BCUT2D eigenvalue weighted by atomic mass is 10.2. The van der Waals surface area contributed by atoms with Crippen LogP contribution in [0.4, 0.5) is 0 Å². The molecule has 0 aliphatic rings. The summed E-state index contributed by atoms with van der Waals surface area (Å²) in [6.45, 7) is 3.64. The Labute approximate surface area is 113 Å². The van der Waals surface area contributed by atoms with Crippen molar-refractivity contribution < 1.29 is 4.74 Å². The van der Waals surface area contributed by atoms with E-state index in [4.69, 9.17) is 27.9 Å². The molecule has 0 atom stereocenters. The van der Waals surface area contributed by atoms with Crippen molar-refractivity contribution in [1.29, 1.82) is 0 Å². The summed E-state index contributed by atoms with van der Waals surface area (Å²) in [5, 5.41) is 1.32. The second-order valence-electron chi connectivity index (χ2n) is 3.85. The van der Waals surface area contributed by atoms with Crippen molar-refractivity contribution in [3.63, 3.8) is 0 Å². The van der Waals surface area contributed by atoms with Gasteiger partial charge in [0, 0.05) is 16.7 Å². The van der Waals surface area contributed by atoms with Crippen LogP contribution in [0.5, 0.6) is 0 Å². The summed E-state index contributed by atoms with van der Waals surface area (Å²) < 4.78 is 5.47. The van der Waals surface area contributed by atoms with Crippen molar-refractivity contribution >= 4 is 29.3 Å². The molecule has 0 unspecified atom stereocenters. The van der Waals surface area contributed by atoms with E-state index in [2.05, 4.69) is 6.92 Å². The molecular formula is C14H18Cl2O. The molecule has 0 heterocycles. The van der Waals surface area contributed by atoms with Crippen molar-refractivity contribution in [2.45, 2.75) is 26.2 Å². The minimum absolute atomic E-state index is 0.628. The minimum Gasteiger partial charge on any atom is -0.377 e. The molecule has 1 aromatic carbocycles. The molecule has 0 fully saturated rings. The number of hydrogen-bond donors (Lipinski definition) is 0. The highest BCUT2D eigenvalue weighted by molar-refractivity contribution is 6.35. The van der Waals surface area contributed by atoms with Crippen LogP contribution in [-0.2, 0) is 4.74 Å². The molecule has 3 heteroatoms. The van der Waals surface area contributed by atoms with E-state index < -0.39 is 0 Å². The van der Waals surface area contributed by atoms with E-state index in [-0.39, 0.29) is 0 Å². The highest BCUT2D eigenvalue weighted by Gasteiger charge is 1.96. The first-order valence-corrected chi connectivity index (χ1v) is 6.69. The van der Waals surface area contributed by atoms with Gasteiger partial charge in [-0.05, 0) is 24.1 Å². The largest absolute Gasteiger partial charge is 0.377 e. The highest BCUT2D eigenvalue weighted by atomic mass is 35.5. The number of benzene rings is 1. The third kappa shape index (κ3) is 6.11. The maximum atomic E-state index is 6.03. The normalized spacial score (nSPS) is 11.2. The maximum absolute atomic E-state index is 6.03. The zero-order valence-corrected chi connectivity index (χ0v) is 11.6. The molecule has 0 aliphatic carbocycles. The number of halogens is 2. The van der Waals surface area contributed by atoms with Gasteiger partial charge in [-0.25, -0.2) is 0 Å². The van der Waals surface area contributed by atoms with Crippen LogP contribution < -0.4 is 0 Å². The van der Waals surface area contributed by atoms with Gasteiger partial charge in [-0.15, -0.1) is 0 Å². The van der Waals surface area contributed by atoms with Gasteiger partial charge in [0.05, 0.1) is 6.61 Å². The van der Waals surface area contributed by atoms with Gasteiger partial charge >= 0.3 is 0 Å². The highest BCUT2D eigenvalue weighted by Crippen LogP contribution is 2.21. The molecule has 94 valence electrons. The molecule has 1 nitrogen and oxygen atoms in total. The van der Waals surface area contributed by atoms with E-state index >= 15 is 0 Å². The van der Waals surface area contributed by atoms with Gasteiger partial charge in [0.1, 0.15) is 0 Å². The first-order valence-electron chi connectivity index (χ1n) is 5.93. The summed E-state index contributed by atoms with van der Waals surface area (Å²) in [4.78, 5) is 0. The molecule has 1 aromatic rings. The van der Waals surface area contributed by atoms with Gasteiger partial charge in [-0.2, -0.15) is 0 Å². The lowest BCUT2D eigenvalue weighted by molar-refractivity contribution is 0.158. The first kappa shape index (κ1) is 14.6. The lowest BCUT2D eigenvalue weighted by Crippen LogP contribution is -1.93. The first-order chi connectivity index (χ1) is 8.24. The topological polar surface area (TPSA) is 9.23 Å². The average Bonchev–Trinajstić information content (AvgIpc) is 2.30. The lowest BCUT2D eigenvalue weighted by Gasteiger charge is -2.00. The van der Waals surface area contributed by atoms with Gasteiger partial charge in [0.25, 0.3) is 0 Å². The zero-order valence-electron chi connectivity index (χ0n) is 10.1. The molecule has 0 spiro atoms. The van der Waals surface area contributed by atoms with Crippen LogP contribution in [0.3, 0.4) is 0 Å². The fourth-order valence-corrected chi connectivity index (χ4v) is 1.89. The maximum Gasteiger partial charge on any atom is 0.0650 e. The Morgan fingerprint density at radius 3 is 2.76 bits per heavy atom. The van der Waals surface area contributed by atoms with E-state index in [1.807, 2.05) is 24.3 Å². The Kier molecular flexibility index (Phi) is 7.34. The summed E-state index contributed by atoms with van der Waals surface area (Å²) in [5.74, 6) is 0. The van der Waals surface area contributed by atoms with E-state index in [9.17, 15) is 0 Å². The van der Waals surface area contributed by atoms with Crippen LogP contribution in [0.2, 0.25) is 10.0 Å². The summed E-state index contributed by atoms with van der Waals surface area (Å²) in [7, 11) is 0. The summed E-state index contributed by atoms with van der Waals surface area (Å²) in [5.41, 5.74) is 0.966. The van der Waals surface area contributed by atoms with Gasteiger partial charge in [0.2, 0.25) is 0 Å². The summed E-state index contributed by atoms with van der Waals surface area (Å²) in [6, 6.07) is 5.47. The third-order valence-electron chi connectivity index (χ3n) is 2.37. The Bertz CT molecular complexity index is 361. The Hall–Kier alpha value is -0.500. The van der Waals surface area contributed by atoms with Crippen LogP contribution in [0.25, 0.3) is 6.08 Å². The monoisotopic (exact) mass is 272 g/mol. The van der Waals surface area contributed by atoms with E-state index in [1.54, 1.807) is 6.07 Å². The number of unbranched alkanes of at least 4 members (excludes halogenated alkanes) is 2. The van der Waals surface area contributed by atoms with Crippen LogP contribution in [0.1, 0.15) is 31.7 Å². The number of rotatable bonds is 7. The van der Waals surface area contributed by atoms with Crippen molar-refractivity contribution in [2.75, 3.05) is 13.2 Å². The second kappa shape index (κ2) is 8.57. The third-order valence-corrected chi connectivity index (χ3v) is 2.93. The van der Waals surface area contributed by atoms with Crippen molar-refractivity contribution in [2.24, 2.45) is 0 Å². The number of ether oxygens (including phenoxy) is 1. The van der Waals surface area contributed by atoms with Gasteiger partial charge in [0.15, 0.2) is 0 Å². The SMILES string of the molecule is CCCCCOC/C=C/c1ccc(Cl)cc1Cl. The second-order valence-corrected chi connectivity index (χ2v) is 4.69. The van der Waals surface area contributed by atoms with Crippen molar-refractivity contribution in [3.05, 3.63) is 39.9 Å². The van der Waals surface area contributed by atoms with Gasteiger partial charge in [-0.3, -0.25) is 0 Å². The van der Waals surface area contributed by atoms with Crippen LogP contribution in [0.15, 0.2) is 24.3 Å². The van der Waals surface area contributed by atoms with Gasteiger partial charge in [-0.1, -0.05) is 61.2 Å². The fraction of sp³-hybridized carbons (Fsp3) is 0.429. The van der Waals surface area contributed by atoms with Crippen LogP contribution >= 0.6 is 23.2 Å². The molecule has 0 radical (unpaired) electrons. The summed E-state index contributed by atoms with van der Waals surface area (Å²) in [6.07, 6.45) is 7.51. The van der Waals surface area contributed by atoms with E-state index in [0.717, 1.165) is 18.6 Å². The van der Waals surface area contributed by atoms with Crippen molar-refractivity contribution in [3.8, 4) is 0 Å². The molecule has 0 aromatic heterocycles. The Morgan fingerprint density at radius 1 is 1.24 bits per heavy atom. The molecule has 1 rings (SSSR count). The zero-order chi connectivity index (χ0) is 12.5. The fourth-order valence-electron chi connectivity index (χ4n) is 1.42. The molecule has 0 amide bonds. The predicted octanol–water partition coefficient (Wildman–Crippen LogP) is 5.21. The average molecular weight is 273 g/mol. The molecule has 0 N–H and O–H groups in total. The molecular weight excluding hydrogens is 255 g/mol. The summed E-state index contributed by atoms with van der Waals surface area (Å²) >= 11 is 11.9. The molecule has 0 saturated heterocycles. The molecule has 17 heavy (non-hydrogen) atoms. The Balaban J connectivity index is 2.28. The van der Waals surface area contributed by atoms with E-state index in [1.165, 1.54) is 12.8 Å². The molecule has 0 aliphatic heterocycles. The van der Waals surface area contributed by atoms with Crippen LogP contribution in [0, 0.1) is 0 Å². The predicted molar refractivity (Wildman–Crippen MR) is 75.8 cm³/mol. The standard InChI is InChI=1S/C14H18Cl2O/c1-2-3-4-9-17-10-5-6-12-7-8-13(15)11-14(12)16/h5-8,11H,2-4,9-10H2,1H3/b6-5+. The smallest absolute Gasteiger partial charge is 0.0650 e. The minimum atomic E-state index is 0.628. The molecule has 0 saturated carbocycles. The quantitative estimate of drug-likeness (QED) is 0.619. The van der Waals surface area contributed by atoms with Crippen molar-refractivity contribution in [1.82, 2.24) is 0 Å². The van der Waals surface area contributed by atoms with E-state index in [0.29, 0.717) is 16.7 Å². The Morgan fingerprint density at radius 2 is 2.06 bits per heavy atom. The molecule has 0 bridgehead atoms.